The molecule has 1 unspecified atom stereocenters. The normalized spacial score (nSPS) is 19.9. The number of carbonyl (C=O) groups excluding carboxylic acids is 1. The lowest BCUT2D eigenvalue weighted by Gasteiger charge is -2.33. The van der Waals surface area contributed by atoms with Crippen LogP contribution < -0.4 is 5.32 Å². The molecule has 2 aliphatic rings. The smallest absolute Gasteiger partial charge is 0.322 e. The number of para-hydroxylation sites is 1. The minimum absolute atomic E-state index is 0.164. The van der Waals surface area contributed by atoms with E-state index in [1.54, 1.807) is 23.1 Å². The van der Waals surface area contributed by atoms with Crippen LogP contribution in [0.4, 0.5) is 14.9 Å². The highest BCUT2D eigenvalue weighted by molar-refractivity contribution is 5.89. The second kappa shape index (κ2) is 10.0. The molecule has 2 heterocycles. The molecule has 4 rings (SSSR count). The third-order valence-corrected chi connectivity index (χ3v) is 5.95. The summed E-state index contributed by atoms with van der Waals surface area (Å²) in [6, 6.07) is 5.48. The number of carbonyl (C=O) groups is 1. The Bertz CT molecular complexity index is 837. The molecule has 8 heteroatoms. The quantitative estimate of drug-likeness (QED) is 0.661. The number of benzene rings is 1. The van der Waals surface area contributed by atoms with Crippen LogP contribution in [0.15, 0.2) is 28.8 Å². The minimum Gasteiger partial charge on any atom is -0.381 e. The second-order valence-corrected chi connectivity index (χ2v) is 8.14. The van der Waals surface area contributed by atoms with Gasteiger partial charge in [0.1, 0.15) is 11.9 Å². The van der Waals surface area contributed by atoms with Crippen LogP contribution in [0.2, 0.25) is 0 Å². The number of piperidine rings is 1. The van der Waals surface area contributed by atoms with Gasteiger partial charge in [-0.3, -0.25) is 0 Å². The van der Waals surface area contributed by atoms with E-state index in [4.69, 9.17) is 9.26 Å². The van der Waals surface area contributed by atoms with E-state index in [-0.39, 0.29) is 17.8 Å². The number of rotatable bonds is 7. The van der Waals surface area contributed by atoms with Gasteiger partial charge in [0, 0.05) is 19.6 Å². The first kappa shape index (κ1) is 20.8. The van der Waals surface area contributed by atoms with Gasteiger partial charge in [-0.1, -0.05) is 30.1 Å². The van der Waals surface area contributed by atoms with Crippen LogP contribution in [0, 0.1) is 11.7 Å². The zero-order valence-corrected chi connectivity index (χ0v) is 17.2. The fourth-order valence-electron chi connectivity index (χ4n) is 4.28. The van der Waals surface area contributed by atoms with Crippen LogP contribution in [0.3, 0.4) is 0 Å². The Morgan fingerprint density at radius 2 is 2.00 bits per heavy atom. The lowest BCUT2D eigenvalue weighted by atomic mass is 10.0. The third-order valence-electron chi connectivity index (χ3n) is 5.95. The maximum absolute atomic E-state index is 13.9. The van der Waals surface area contributed by atoms with Crippen molar-refractivity contribution in [2.45, 2.75) is 57.4 Å². The molecule has 1 N–H and O–H groups in total. The lowest BCUT2D eigenvalue weighted by Crippen LogP contribution is -2.41. The van der Waals surface area contributed by atoms with Gasteiger partial charge in [-0.2, -0.15) is 4.98 Å². The lowest BCUT2D eigenvalue weighted by molar-refractivity contribution is 0.102. The average molecular weight is 416 g/mol. The van der Waals surface area contributed by atoms with Gasteiger partial charge in [0.15, 0.2) is 5.82 Å². The highest BCUT2D eigenvalue weighted by Gasteiger charge is 2.32. The standard InChI is InChI=1S/C22H29FN4O3/c23-17-9-3-4-10-18(17)24-22(28)27-13-6-5-11-19(27)21-25-20(26-30-21)12-14-29-15-16-7-1-2-8-16/h3-4,9-10,16,19H,1-2,5-8,11-15H2,(H,24,28). The van der Waals surface area contributed by atoms with Crippen molar-refractivity contribution in [1.82, 2.24) is 15.0 Å². The van der Waals surface area contributed by atoms with Crippen molar-refractivity contribution in [3.63, 3.8) is 0 Å². The number of amides is 2. The Labute approximate surface area is 176 Å². The van der Waals surface area contributed by atoms with Crippen LogP contribution in [0.1, 0.15) is 62.7 Å². The van der Waals surface area contributed by atoms with E-state index < -0.39 is 5.82 Å². The summed E-state index contributed by atoms with van der Waals surface area (Å²) in [7, 11) is 0. The molecule has 30 heavy (non-hydrogen) atoms. The van der Waals surface area contributed by atoms with E-state index in [1.807, 2.05) is 0 Å². The molecule has 1 atom stereocenters. The summed E-state index contributed by atoms with van der Waals surface area (Å²) in [4.78, 5) is 18.9. The van der Waals surface area contributed by atoms with Crippen LogP contribution in [-0.2, 0) is 11.2 Å². The Morgan fingerprint density at radius 1 is 1.20 bits per heavy atom. The Morgan fingerprint density at radius 3 is 2.83 bits per heavy atom. The van der Waals surface area contributed by atoms with Crippen LogP contribution >= 0.6 is 0 Å². The number of hydrogen-bond donors (Lipinski definition) is 1. The van der Waals surface area contributed by atoms with Crippen molar-refractivity contribution >= 4 is 11.7 Å². The van der Waals surface area contributed by atoms with E-state index in [0.717, 1.165) is 25.9 Å². The number of halogens is 1. The summed E-state index contributed by atoms with van der Waals surface area (Å²) >= 11 is 0. The summed E-state index contributed by atoms with van der Waals surface area (Å²) in [6.45, 7) is 1.93. The van der Waals surface area contributed by atoms with Gasteiger partial charge < -0.3 is 19.5 Å². The zero-order chi connectivity index (χ0) is 20.8. The molecule has 1 aliphatic carbocycles. The summed E-state index contributed by atoms with van der Waals surface area (Å²) in [5, 5.41) is 6.73. The number of ether oxygens (including phenoxy) is 1. The van der Waals surface area contributed by atoms with Crippen molar-refractivity contribution < 1.29 is 18.4 Å². The predicted molar refractivity (Wildman–Crippen MR) is 109 cm³/mol. The average Bonchev–Trinajstić information content (AvgIpc) is 3.45. The molecule has 1 aromatic carbocycles. The van der Waals surface area contributed by atoms with Gasteiger partial charge >= 0.3 is 6.03 Å². The molecule has 0 bridgehead atoms. The highest BCUT2D eigenvalue weighted by Crippen LogP contribution is 2.31. The van der Waals surface area contributed by atoms with Crippen molar-refractivity contribution in [2.24, 2.45) is 5.92 Å². The number of urea groups is 1. The summed E-state index contributed by atoms with van der Waals surface area (Å²) in [5.41, 5.74) is 0.164. The van der Waals surface area contributed by atoms with E-state index in [2.05, 4.69) is 15.5 Å². The molecule has 1 aliphatic heterocycles. The number of anilines is 1. The molecule has 2 fully saturated rings. The topological polar surface area (TPSA) is 80.5 Å². The van der Waals surface area contributed by atoms with E-state index >= 15 is 0 Å². The highest BCUT2D eigenvalue weighted by atomic mass is 19.1. The van der Waals surface area contributed by atoms with Gasteiger partial charge in [0.05, 0.1) is 12.3 Å². The van der Waals surface area contributed by atoms with Crippen molar-refractivity contribution in [3.05, 3.63) is 41.8 Å². The van der Waals surface area contributed by atoms with Crippen molar-refractivity contribution in [3.8, 4) is 0 Å². The molecule has 0 spiro atoms. The fourth-order valence-corrected chi connectivity index (χ4v) is 4.28. The number of aromatic nitrogens is 2. The summed E-state index contributed by atoms with van der Waals surface area (Å²) < 4.78 is 25.2. The molecule has 2 amide bonds. The number of likely N-dealkylation sites (tertiary alicyclic amines) is 1. The van der Waals surface area contributed by atoms with Crippen LogP contribution in [0.25, 0.3) is 0 Å². The monoisotopic (exact) mass is 416 g/mol. The number of nitrogens with zero attached hydrogens (tertiary/aromatic N) is 3. The van der Waals surface area contributed by atoms with Gasteiger partial charge in [0.25, 0.3) is 0 Å². The molecule has 7 nitrogen and oxygen atoms in total. The molecule has 1 saturated heterocycles. The van der Waals surface area contributed by atoms with Crippen molar-refractivity contribution in [2.75, 3.05) is 25.1 Å². The first-order valence-corrected chi connectivity index (χ1v) is 10.9. The van der Waals surface area contributed by atoms with Crippen LogP contribution in [0.5, 0.6) is 0 Å². The van der Waals surface area contributed by atoms with Gasteiger partial charge in [-0.05, 0) is 50.2 Å². The SMILES string of the molecule is O=C(Nc1ccccc1F)N1CCCCC1c1nc(CCOCC2CCCC2)no1. The first-order chi connectivity index (χ1) is 14.7. The minimum atomic E-state index is -0.461. The predicted octanol–water partition coefficient (Wildman–Crippen LogP) is 4.72. The third kappa shape index (κ3) is 5.16. The molecular weight excluding hydrogens is 387 g/mol. The second-order valence-electron chi connectivity index (χ2n) is 8.14. The summed E-state index contributed by atoms with van der Waals surface area (Å²) in [6.07, 6.45) is 8.33. The Kier molecular flexibility index (Phi) is 6.94. The molecule has 1 saturated carbocycles. The molecule has 1 aromatic heterocycles. The number of nitrogens with one attached hydrogen (secondary N) is 1. The van der Waals surface area contributed by atoms with Gasteiger partial charge in [0.2, 0.25) is 5.89 Å². The number of hydrogen-bond acceptors (Lipinski definition) is 5. The molecular formula is C22H29FN4O3. The largest absolute Gasteiger partial charge is 0.381 e. The fraction of sp³-hybridized carbons (Fsp3) is 0.591. The van der Waals surface area contributed by atoms with Crippen LogP contribution in [-0.4, -0.2) is 40.8 Å². The van der Waals surface area contributed by atoms with Crippen molar-refractivity contribution in [1.29, 1.82) is 0 Å². The Hall–Kier alpha value is -2.48. The van der Waals surface area contributed by atoms with E-state index in [0.29, 0.717) is 37.2 Å². The molecule has 2 aromatic rings. The Balaban J connectivity index is 1.33. The maximum Gasteiger partial charge on any atom is 0.322 e. The molecule has 0 radical (unpaired) electrons. The zero-order valence-electron chi connectivity index (χ0n) is 17.2. The summed E-state index contributed by atoms with van der Waals surface area (Å²) in [5.74, 6) is 1.26. The first-order valence-electron chi connectivity index (χ1n) is 10.9. The van der Waals surface area contributed by atoms with Gasteiger partial charge in [-0.15, -0.1) is 0 Å². The molecule has 162 valence electrons. The van der Waals surface area contributed by atoms with E-state index in [9.17, 15) is 9.18 Å². The maximum atomic E-state index is 13.9. The van der Waals surface area contributed by atoms with Gasteiger partial charge in [-0.25, -0.2) is 9.18 Å². The van der Waals surface area contributed by atoms with E-state index in [1.165, 1.54) is 31.7 Å².